The number of amidine groups is 1. The second-order valence-electron chi connectivity index (χ2n) is 3.15. The third kappa shape index (κ3) is 1.95. The Bertz CT molecular complexity index is 356. The highest BCUT2D eigenvalue weighted by Crippen LogP contribution is 2.25. The third-order valence-electron chi connectivity index (χ3n) is 2.11. The van der Waals surface area contributed by atoms with Crippen LogP contribution < -0.4 is 5.32 Å². The maximum absolute atomic E-state index is 13.4. The molecule has 1 heterocycles. The van der Waals surface area contributed by atoms with Gasteiger partial charge in [0, 0.05) is 17.4 Å². The van der Waals surface area contributed by atoms with Gasteiger partial charge in [0.1, 0.15) is 11.7 Å². The van der Waals surface area contributed by atoms with E-state index in [0.29, 0.717) is 5.69 Å². The lowest BCUT2D eigenvalue weighted by Gasteiger charge is -2.08. The molecule has 1 aromatic carbocycles. The Balaban J connectivity index is 2.23. The Kier molecular flexibility index (Phi) is 2.82. The van der Waals surface area contributed by atoms with Gasteiger partial charge in [0.2, 0.25) is 0 Å². The van der Waals surface area contributed by atoms with E-state index in [1.165, 1.54) is 6.07 Å². The zero-order valence-electron chi connectivity index (χ0n) is 7.56. The molecule has 14 heavy (non-hydrogen) atoms. The molecule has 74 valence electrons. The summed E-state index contributed by atoms with van der Waals surface area (Å²) < 4.78 is 14.1. The van der Waals surface area contributed by atoms with Gasteiger partial charge in [-0.1, -0.05) is 6.07 Å². The largest absolute Gasteiger partial charge is 0.341 e. The van der Waals surface area contributed by atoms with Crippen LogP contribution in [0.4, 0.5) is 10.1 Å². The molecule has 0 bridgehead atoms. The van der Waals surface area contributed by atoms with E-state index in [0.717, 1.165) is 29.7 Å². The highest BCUT2D eigenvalue weighted by atomic mass is 79.9. The number of hydrogen-bond donors (Lipinski definition) is 1. The molecule has 2 rings (SSSR count). The fourth-order valence-corrected chi connectivity index (χ4v) is 1.84. The molecule has 0 saturated carbocycles. The van der Waals surface area contributed by atoms with Crippen molar-refractivity contribution in [3.63, 3.8) is 0 Å². The predicted octanol–water partition coefficient (Wildman–Crippen LogP) is 3.19. The molecule has 0 spiro atoms. The van der Waals surface area contributed by atoms with Crippen molar-refractivity contribution in [1.82, 2.24) is 0 Å². The number of nitrogens with zero attached hydrogens (tertiary/aromatic N) is 1. The molecule has 0 atom stereocenters. The first-order valence-electron chi connectivity index (χ1n) is 4.52. The molecule has 4 heteroatoms. The summed E-state index contributed by atoms with van der Waals surface area (Å²) in [5, 5.41) is 3.01. The number of nitrogens with one attached hydrogen (secondary N) is 1. The standard InChI is InChI=1S/C10H10BrFN2/c11-7-3-1-4-8(12)10(7)14-9-5-2-6-13-9/h1,3-4H,2,5-6H2,(H,13,14). The van der Waals surface area contributed by atoms with E-state index in [1.54, 1.807) is 12.1 Å². The highest BCUT2D eigenvalue weighted by Gasteiger charge is 2.11. The Morgan fingerprint density at radius 2 is 2.29 bits per heavy atom. The zero-order valence-corrected chi connectivity index (χ0v) is 9.14. The third-order valence-corrected chi connectivity index (χ3v) is 2.77. The van der Waals surface area contributed by atoms with Crippen molar-refractivity contribution in [2.75, 3.05) is 11.9 Å². The molecule has 0 unspecified atom stereocenters. The van der Waals surface area contributed by atoms with Crippen molar-refractivity contribution in [2.45, 2.75) is 12.8 Å². The van der Waals surface area contributed by atoms with Crippen LogP contribution in [0.3, 0.4) is 0 Å². The number of aliphatic imine (C=N–C) groups is 1. The summed E-state index contributed by atoms with van der Waals surface area (Å²) in [4.78, 5) is 4.23. The lowest BCUT2D eigenvalue weighted by atomic mass is 10.3. The maximum Gasteiger partial charge on any atom is 0.147 e. The van der Waals surface area contributed by atoms with Gasteiger partial charge in [-0.15, -0.1) is 0 Å². The molecular formula is C10H10BrFN2. The van der Waals surface area contributed by atoms with Crippen molar-refractivity contribution in [3.8, 4) is 0 Å². The summed E-state index contributed by atoms with van der Waals surface area (Å²) in [6.07, 6.45) is 1.95. The second kappa shape index (κ2) is 4.09. The lowest BCUT2D eigenvalue weighted by molar-refractivity contribution is 0.631. The molecule has 0 fully saturated rings. The van der Waals surface area contributed by atoms with Gasteiger partial charge in [0.05, 0.1) is 5.69 Å². The average Bonchev–Trinajstić information content (AvgIpc) is 2.64. The van der Waals surface area contributed by atoms with Crippen LogP contribution in [0.15, 0.2) is 27.7 Å². The van der Waals surface area contributed by atoms with E-state index in [1.807, 2.05) is 0 Å². The lowest BCUT2D eigenvalue weighted by Crippen LogP contribution is -2.10. The van der Waals surface area contributed by atoms with Gasteiger partial charge < -0.3 is 5.32 Å². The monoisotopic (exact) mass is 256 g/mol. The van der Waals surface area contributed by atoms with E-state index in [4.69, 9.17) is 0 Å². The first kappa shape index (κ1) is 9.65. The number of benzene rings is 1. The van der Waals surface area contributed by atoms with Crippen molar-refractivity contribution >= 4 is 27.5 Å². The van der Waals surface area contributed by atoms with Crippen LogP contribution in [-0.2, 0) is 0 Å². The Labute approximate surface area is 90.4 Å². The highest BCUT2D eigenvalue weighted by molar-refractivity contribution is 9.10. The van der Waals surface area contributed by atoms with Crippen LogP contribution in [0.1, 0.15) is 12.8 Å². The maximum atomic E-state index is 13.4. The quantitative estimate of drug-likeness (QED) is 0.820. The Morgan fingerprint density at radius 1 is 1.43 bits per heavy atom. The normalized spacial score (nSPS) is 15.4. The first-order valence-corrected chi connectivity index (χ1v) is 5.31. The van der Waals surface area contributed by atoms with Crippen LogP contribution >= 0.6 is 15.9 Å². The summed E-state index contributed by atoms with van der Waals surface area (Å²) in [5.74, 6) is 0.616. The average molecular weight is 257 g/mol. The molecule has 2 nitrogen and oxygen atoms in total. The number of rotatable bonds is 1. The van der Waals surface area contributed by atoms with Crippen molar-refractivity contribution in [3.05, 3.63) is 28.5 Å². The molecule has 1 N–H and O–H groups in total. The van der Waals surface area contributed by atoms with E-state index in [9.17, 15) is 4.39 Å². The molecule has 0 radical (unpaired) electrons. The summed E-state index contributed by atoms with van der Waals surface area (Å²) >= 11 is 3.30. The van der Waals surface area contributed by atoms with E-state index in [-0.39, 0.29) is 5.82 Å². The number of hydrogen-bond acceptors (Lipinski definition) is 2. The molecular weight excluding hydrogens is 247 g/mol. The van der Waals surface area contributed by atoms with Gasteiger partial charge in [-0.2, -0.15) is 0 Å². The molecule has 0 amide bonds. The number of para-hydroxylation sites is 1. The minimum Gasteiger partial charge on any atom is -0.341 e. The molecule has 0 aromatic heterocycles. The second-order valence-corrected chi connectivity index (χ2v) is 4.01. The van der Waals surface area contributed by atoms with Gasteiger partial charge in [0.25, 0.3) is 0 Å². The summed E-state index contributed by atoms with van der Waals surface area (Å²) in [6, 6.07) is 4.91. The topological polar surface area (TPSA) is 24.4 Å². The Morgan fingerprint density at radius 3 is 2.93 bits per heavy atom. The van der Waals surface area contributed by atoms with Gasteiger partial charge in [-0.3, -0.25) is 4.99 Å². The minimum absolute atomic E-state index is 0.256. The fraction of sp³-hybridized carbons (Fsp3) is 0.300. The summed E-state index contributed by atoms with van der Waals surface area (Å²) in [6.45, 7) is 0.842. The van der Waals surface area contributed by atoms with E-state index in [2.05, 4.69) is 26.2 Å². The van der Waals surface area contributed by atoms with Crippen LogP contribution in [0.2, 0.25) is 0 Å². The van der Waals surface area contributed by atoms with E-state index < -0.39 is 0 Å². The van der Waals surface area contributed by atoms with Crippen molar-refractivity contribution in [1.29, 1.82) is 0 Å². The summed E-state index contributed by atoms with van der Waals surface area (Å²) in [5.41, 5.74) is 0.480. The van der Waals surface area contributed by atoms with E-state index >= 15 is 0 Å². The smallest absolute Gasteiger partial charge is 0.147 e. The first-order chi connectivity index (χ1) is 6.77. The number of anilines is 1. The van der Waals surface area contributed by atoms with Gasteiger partial charge in [-0.25, -0.2) is 4.39 Å². The van der Waals surface area contributed by atoms with Crippen LogP contribution in [-0.4, -0.2) is 12.4 Å². The minimum atomic E-state index is -0.256. The van der Waals surface area contributed by atoms with Crippen LogP contribution in [0.25, 0.3) is 0 Å². The van der Waals surface area contributed by atoms with Gasteiger partial charge in [0.15, 0.2) is 0 Å². The molecule has 0 aliphatic carbocycles. The van der Waals surface area contributed by atoms with Gasteiger partial charge >= 0.3 is 0 Å². The molecule has 0 saturated heterocycles. The molecule has 1 aliphatic rings. The van der Waals surface area contributed by atoms with Crippen molar-refractivity contribution < 1.29 is 4.39 Å². The number of halogens is 2. The predicted molar refractivity (Wildman–Crippen MR) is 59.3 cm³/mol. The van der Waals surface area contributed by atoms with Crippen LogP contribution in [0, 0.1) is 5.82 Å². The van der Waals surface area contributed by atoms with Gasteiger partial charge in [-0.05, 0) is 34.5 Å². The SMILES string of the molecule is Fc1cccc(Br)c1NC1=NCCC1. The zero-order chi connectivity index (χ0) is 9.97. The fourth-order valence-electron chi connectivity index (χ4n) is 1.40. The molecule has 1 aromatic rings. The summed E-state index contributed by atoms with van der Waals surface area (Å²) in [7, 11) is 0. The van der Waals surface area contributed by atoms with Crippen molar-refractivity contribution in [2.24, 2.45) is 4.99 Å². The van der Waals surface area contributed by atoms with Crippen LogP contribution in [0.5, 0.6) is 0 Å². The Hall–Kier alpha value is -0.900. The molecule has 1 aliphatic heterocycles.